The van der Waals surface area contributed by atoms with Gasteiger partial charge < -0.3 is 0 Å². The summed E-state index contributed by atoms with van der Waals surface area (Å²) < 4.78 is 26.8. The van der Waals surface area contributed by atoms with E-state index in [1.54, 1.807) is 19.1 Å². The first-order chi connectivity index (χ1) is 9.42. The molecule has 0 saturated heterocycles. The third-order valence-electron chi connectivity index (χ3n) is 3.29. The van der Waals surface area contributed by atoms with Crippen LogP contribution in [0.15, 0.2) is 29.2 Å². The number of sulfonamides is 1. The zero-order chi connectivity index (χ0) is 14.8. The highest BCUT2D eigenvalue weighted by molar-refractivity contribution is 7.89. The average Bonchev–Trinajstić information content (AvgIpc) is 3.21. The second-order valence-electron chi connectivity index (χ2n) is 5.15. The second kappa shape index (κ2) is 5.90. The number of hydrogen-bond donors (Lipinski definition) is 3. The maximum absolute atomic E-state index is 12.2. The number of rotatable bonds is 6. The molecule has 0 aromatic heterocycles. The molecule has 1 atom stereocenters. The summed E-state index contributed by atoms with van der Waals surface area (Å²) in [6, 6.07) is 5.50. The zero-order valence-electron chi connectivity index (χ0n) is 11.2. The highest BCUT2D eigenvalue weighted by atomic mass is 32.2. The van der Waals surface area contributed by atoms with Crippen molar-refractivity contribution in [2.24, 2.45) is 5.92 Å². The van der Waals surface area contributed by atoms with Crippen LogP contribution in [0.25, 0.3) is 0 Å². The highest BCUT2D eigenvalue weighted by Gasteiger charge is 2.32. The molecule has 1 aliphatic rings. The molecule has 0 heterocycles. The Morgan fingerprint density at radius 3 is 2.70 bits per heavy atom. The quantitative estimate of drug-likeness (QED) is 0.538. The lowest BCUT2D eigenvalue weighted by Crippen LogP contribution is -2.46. The summed E-state index contributed by atoms with van der Waals surface area (Å²) in [6.07, 6.45) is 2.38. The van der Waals surface area contributed by atoms with Crippen LogP contribution in [0.4, 0.5) is 0 Å². The Morgan fingerprint density at radius 1 is 1.45 bits per heavy atom. The number of hydroxylamine groups is 1. The fourth-order valence-corrected chi connectivity index (χ4v) is 3.32. The van der Waals surface area contributed by atoms with Crippen LogP contribution in [-0.4, -0.2) is 25.6 Å². The summed E-state index contributed by atoms with van der Waals surface area (Å²) >= 11 is 0. The molecule has 0 bridgehead atoms. The topological polar surface area (TPSA) is 95.5 Å². The van der Waals surface area contributed by atoms with Crippen molar-refractivity contribution in [1.82, 2.24) is 10.2 Å². The smallest absolute Gasteiger partial charge is 0.261 e. The maximum Gasteiger partial charge on any atom is 0.261 e. The molecule has 1 unspecified atom stereocenters. The first-order valence-electron chi connectivity index (χ1n) is 6.45. The van der Waals surface area contributed by atoms with E-state index in [-0.39, 0.29) is 4.90 Å². The van der Waals surface area contributed by atoms with E-state index in [0.717, 1.165) is 18.4 Å². The molecule has 110 valence electrons. The van der Waals surface area contributed by atoms with Crippen molar-refractivity contribution in [3.63, 3.8) is 0 Å². The van der Waals surface area contributed by atoms with E-state index in [1.165, 1.54) is 17.6 Å². The minimum absolute atomic E-state index is 0.115. The predicted molar refractivity (Wildman–Crippen MR) is 72.6 cm³/mol. The molecule has 1 saturated carbocycles. The Bertz CT molecular complexity index is 596. The van der Waals surface area contributed by atoms with Gasteiger partial charge in [-0.05, 0) is 37.0 Å². The minimum atomic E-state index is -3.78. The van der Waals surface area contributed by atoms with Gasteiger partial charge in [0, 0.05) is 0 Å². The fourth-order valence-electron chi connectivity index (χ4n) is 2.01. The van der Waals surface area contributed by atoms with Crippen molar-refractivity contribution in [1.29, 1.82) is 0 Å². The summed E-state index contributed by atoms with van der Waals surface area (Å²) in [5.74, 6) is -0.384. The summed E-state index contributed by atoms with van der Waals surface area (Å²) in [7, 11) is -3.78. The molecule has 1 amide bonds. The molecule has 3 N–H and O–H groups in total. The van der Waals surface area contributed by atoms with Gasteiger partial charge in [-0.3, -0.25) is 10.0 Å². The zero-order valence-corrected chi connectivity index (χ0v) is 12.0. The molecule has 0 spiro atoms. The van der Waals surface area contributed by atoms with Crippen LogP contribution in [0.3, 0.4) is 0 Å². The van der Waals surface area contributed by atoms with Gasteiger partial charge in [0.1, 0.15) is 6.04 Å². The molecule has 1 aromatic carbocycles. The van der Waals surface area contributed by atoms with E-state index in [9.17, 15) is 13.2 Å². The van der Waals surface area contributed by atoms with Gasteiger partial charge in [-0.2, -0.15) is 4.72 Å². The number of hydrogen-bond acceptors (Lipinski definition) is 4. The van der Waals surface area contributed by atoms with Crippen molar-refractivity contribution in [3.8, 4) is 0 Å². The van der Waals surface area contributed by atoms with Crippen molar-refractivity contribution in [3.05, 3.63) is 29.8 Å². The van der Waals surface area contributed by atoms with E-state index in [2.05, 4.69) is 4.72 Å². The second-order valence-corrected chi connectivity index (χ2v) is 6.86. The van der Waals surface area contributed by atoms with Gasteiger partial charge in [-0.1, -0.05) is 25.0 Å². The molecular weight excluding hydrogens is 280 g/mol. The lowest BCUT2D eigenvalue weighted by Gasteiger charge is -2.16. The van der Waals surface area contributed by atoms with E-state index in [0.29, 0.717) is 12.3 Å². The van der Waals surface area contributed by atoms with Crippen LogP contribution in [0.2, 0.25) is 0 Å². The number of aryl methyl sites for hydroxylation is 1. The number of carbonyl (C=O) groups is 1. The molecular formula is C13H18N2O4S. The Morgan fingerprint density at radius 2 is 2.15 bits per heavy atom. The predicted octanol–water partition coefficient (Wildman–Crippen LogP) is 0.947. The molecule has 6 nitrogen and oxygen atoms in total. The molecule has 20 heavy (non-hydrogen) atoms. The van der Waals surface area contributed by atoms with Crippen molar-refractivity contribution >= 4 is 15.9 Å². The number of carbonyl (C=O) groups excluding carboxylic acids is 1. The van der Waals surface area contributed by atoms with E-state index < -0.39 is 22.0 Å². The highest BCUT2D eigenvalue weighted by Crippen LogP contribution is 2.33. The van der Waals surface area contributed by atoms with Crippen molar-refractivity contribution < 1.29 is 18.4 Å². The fraction of sp³-hybridized carbons (Fsp3) is 0.462. The normalized spacial score (nSPS) is 16.7. The molecule has 7 heteroatoms. The number of nitrogens with one attached hydrogen (secondary N) is 2. The van der Waals surface area contributed by atoms with Gasteiger partial charge in [0.25, 0.3) is 5.91 Å². The number of benzene rings is 1. The van der Waals surface area contributed by atoms with Gasteiger partial charge in [0.2, 0.25) is 10.0 Å². The van der Waals surface area contributed by atoms with E-state index in [4.69, 9.17) is 5.21 Å². The van der Waals surface area contributed by atoms with E-state index in [1.807, 2.05) is 0 Å². The first-order valence-corrected chi connectivity index (χ1v) is 7.93. The SMILES string of the molecule is Cc1cccc(S(=O)(=O)NC(CC2CC2)C(=O)NO)c1. The monoisotopic (exact) mass is 298 g/mol. The van der Waals surface area contributed by atoms with E-state index >= 15 is 0 Å². The summed E-state index contributed by atoms with van der Waals surface area (Å²) in [6.45, 7) is 1.79. The summed E-state index contributed by atoms with van der Waals surface area (Å²) in [4.78, 5) is 11.7. The molecule has 1 aromatic rings. The van der Waals surface area contributed by atoms with Crippen LogP contribution < -0.4 is 10.2 Å². The lowest BCUT2D eigenvalue weighted by molar-refractivity contribution is -0.131. The van der Waals surface area contributed by atoms with Gasteiger partial charge >= 0.3 is 0 Å². The first kappa shape index (κ1) is 15.0. The van der Waals surface area contributed by atoms with Gasteiger partial charge in [0.05, 0.1) is 4.90 Å². The van der Waals surface area contributed by atoms with Crippen LogP contribution in [0, 0.1) is 12.8 Å². The molecule has 1 fully saturated rings. The van der Waals surface area contributed by atoms with Crippen LogP contribution >= 0.6 is 0 Å². The number of amides is 1. The molecule has 0 radical (unpaired) electrons. The standard InChI is InChI=1S/C13H18N2O4S/c1-9-3-2-4-11(7-9)20(18,19)15-12(13(16)14-17)8-10-5-6-10/h2-4,7,10,12,15,17H,5-6,8H2,1H3,(H,14,16). The molecule has 2 rings (SSSR count). The van der Waals surface area contributed by atoms with Gasteiger partial charge in [0.15, 0.2) is 0 Å². The van der Waals surface area contributed by atoms with Crippen LogP contribution in [0.5, 0.6) is 0 Å². The largest absolute Gasteiger partial charge is 0.289 e. The van der Waals surface area contributed by atoms with Crippen LogP contribution in [-0.2, 0) is 14.8 Å². The minimum Gasteiger partial charge on any atom is -0.289 e. The average molecular weight is 298 g/mol. The molecule has 1 aliphatic carbocycles. The Hall–Kier alpha value is -1.44. The summed E-state index contributed by atoms with van der Waals surface area (Å²) in [5, 5.41) is 8.72. The van der Waals surface area contributed by atoms with Crippen LogP contribution in [0.1, 0.15) is 24.8 Å². The summed E-state index contributed by atoms with van der Waals surface area (Å²) in [5.41, 5.74) is 2.34. The molecule has 0 aliphatic heterocycles. The van der Waals surface area contributed by atoms with Crippen molar-refractivity contribution in [2.45, 2.75) is 37.1 Å². The Kier molecular flexibility index (Phi) is 4.42. The Labute approximate surface area is 118 Å². The van der Waals surface area contributed by atoms with Gasteiger partial charge in [-0.15, -0.1) is 0 Å². The Balaban J connectivity index is 2.17. The maximum atomic E-state index is 12.2. The third-order valence-corrected chi connectivity index (χ3v) is 4.76. The van der Waals surface area contributed by atoms with Gasteiger partial charge in [-0.25, -0.2) is 13.9 Å². The lowest BCUT2D eigenvalue weighted by atomic mass is 10.1. The third kappa shape index (κ3) is 3.78. The van der Waals surface area contributed by atoms with Crippen molar-refractivity contribution in [2.75, 3.05) is 0 Å².